The van der Waals surface area contributed by atoms with Crippen LogP contribution < -0.4 is 11.0 Å². The van der Waals surface area contributed by atoms with Crippen molar-refractivity contribution in [3.8, 4) is 0 Å². The molecule has 1 aromatic carbocycles. The summed E-state index contributed by atoms with van der Waals surface area (Å²) in [4.78, 5) is 39.6. The van der Waals surface area contributed by atoms with Crippen LogP contribution in [0.25, 0.3) is 11.0 Å². The molecule has 2 aliphatic heterocycles. The third-order valence-electron chi connectivity index (χ3n) is 5.87. The Morgan fingerprint density at radius 3 is 2.71 bits per heavy atom. The first-order chi connectivity index (χ1) is 13.5. The van der Waals surface area contributed by atoms with E-state index >= 15 is 0 Å². The maximum absolute atomic E-state index is 13.1. The van der Waals surface area contributed by atoms with Gasteiger partial charge >= 0.3 is 5.69 Å². The van der Waals surface area contributed by atoms with Crippen LogP contribution in [0, 0.1) is 0 Å². The van der Waals surface area contributed by atoms with E-state index in [1.165, 1.54) is 5.57 Å². The van der Waals surface area contributed by atoms with Crippen LogP contribution in [0.1, 0.15) is 37.3 Å². The number of imidazole rings is 1. The normalized spacial score (nSPS) is 21.5. The Kier molecular flexibility index (Phi) is 4.93. The molecule has 2 aromatic rings. The standard InChI is InChI=1S/C21H26N4O3/c1-23-11-9-14(10-12-23)13-15-5-3-6-16-19(15)24(2)21(28)25(16)17-7-4-8-18(26)22-20(17)27/h3,5-6,9,17H,4,7-8,10-13H2,1-2H3,(H,22,26,27). The number of nitrogens with zero attached hydrogens (tertiary/aromatic N) is 3. The third kappa shape index (κ3) is 3.30. The van der Waals surface area contributed by atoms with Crippen molar-refractivity contribution in [2.24, 2.45) is 7.05 Å². The van der Waals surface area contributed by atoms with Crippen LogP contribution in [0.5, 0.6) is 0 Å². The van der Waals surface area contributed by atoms with E-state index in [1.807, 2.05) is 12.1 Å². The molecule has 4 rings (SSSR count). The number of rotatable bonds is 3. The second-order valence-electron chi connectivity index (χ2n) is 7.87. The Labute approximate surface area is 163 Å². The minimum Gasteiger partial charge on any atom is -0.302 e. The number of amides is 2. The molecule has 2 aliphatic rings. The van der Waals surface area contributed by atoms with Gasteiger partial charge in [0.25, 0.3) is 0 Å². The van der Waals surface area contributed by atoms with Gasteiger partial charge in [-0.3, -0.25) is 24.0 Å². The van der Waals surface area contributed by atoms with Crippen molar-refractivity contribution in [2.75, 3.05) is 20.1 Å². The first-order valence-corrected chi connectivity index (χ1v) is 9.84. The van der Waals surface area contributed by atoms with Gasteiger partial charge in [0.2, 0.25) is 11.8 Å². The number of benzene rings is 1. The van der Waals surface area contributed by atoms with E-state index in [2.05, 4.69) is 29.4 Å². The van der Waals surface area contributed by atoms with Crippen molar-refractivity contribution in [3.63, 3.8) is 0 Å². The summed E-state index contributed by atoms with van der Waals surface area (Å²) in [6.45, 7) is 1.99. The maximum Gasteiger partial charge on any atom is 0.329 e. The van der Waals surface area contributed by atoms with Crippen LogP contribution in [0.3, 0.4) is 0 Å². The third-order valence-corrected chi connectivity index (χ3v) is 5.87. The molecule has 1 saturated heterocycles. The average Bonchev–Trinajstić information content (AvgIpc) is 2.80. The van der Waals surface area contributed by atoms with Gasteiger partial charge in [0.05, 0.1) is 11.0 Å². The van der Waals surface area contributed by atoms with Crippen LogP contribution in [0.15, 0.2) is 34.6 Å². The Balaban J connectivity index is 1.78. The van der Waals surface area contributed by atoms with Crippen molar-refractivity contribution in [3.05, 3.63) is 45.9 Å². The molecule has 7 nitrogen and oxygen atoms in total. The summed E-state index contributed by atoms with van der Waals surface area (Å²) >= 11 is 0. The van der Waals surface area contributed by atoms with Gasteiger partial charge in [0, 0.05) is 26.6 Å². The number of carbonyl (C=O) groups is 2. The minimum absolute atomic E-state index is 0.214. The molecule has 1 N–H and O–H groups in total. The van der Waals surface area contributed by atoms with Crippen LogP contribution in [0.4, 0.5) is 0 Å². The smallest absolute Gasteiger partial charge is 0.302 e. The lowest BCUT2D eigenvalue weighted by atomic mass is 9.98. The van der Waals surface area contributed by atoms with Gasteiger partial charge in [-0.05, 0) is 44.4 Å². The molecule has 1 unspecified atom stereocenters. The molecule has 28 heavy (non-hydrogen) atoms. The van der Waals surface area contributed by atoms with Gasteiger partial charge in [-0.15, -0.1) is 0 Å². The quantitative estimate of drug-likeness (QED) is 0.645. The van der Waals surface area contributed by atoms with E-state index in [0.717, 1.165) is 42.5 Å². The van der Waals surface area contributed by atoms with E-state index < -0.39 is 6.04 Å². The summed E-state index contributed by atoms with van der Waals surface area (Å²) in [5.74, 6) is -0.656. The molecule has 0 saturated carbocycles. The fraction of sp³-hybridized carbons (Fsp3) is 0.476. The zero-order valence-corrected chi connectivity index (χ0v) is 16.4. The fourth-order valence-electron chi connectivity index (χ4n) is 4.30. The van der Waals surface area contributed by atoms with Crippen LogP contribution in [0.2, 0.25) is 0 Å². The van der Waals surface area contributed by atoms with E-state index in [0.29, 0.717) is 19.3 Å². The topological polar surface area (TPSA) is 76.3 Å². The minimum atomic E-state index is -0.652. The summed E-state index contributed by atoms with van der Waals surface area (Å²) in [5, 5.41) is 2.42. The molecule has 3 heterocycles. The highest BCUT2D eigenvalue weighted by Gasteiger charge is 2.29. The number of hydrogen-bond acceptors (Lipinski definition) is 4. The summed E-state index contributed by atoms with van der Waals surface area (Å²) in [7, 11) is 3.87. The zero-order valence-electron chi connectivity index (χ0n) is 16.4. The first kappa shape index (κ1) is 18.7. The number of likely N-dealkylation sites (N-methyl/N-ethyl adjacent to an activating group) is 1. The van der Waals surface area contributed by atoms with Crippen LogP contribution >= 0.6 is 0 Å². The summed E-state index contributed by atoms with van der Waals surface area (Å²) in [5.41, 5.74) is 3.89. The summed E-state index contributed by atoms with van der Waals surface area (Å²) < 4.78 is 3.20. The molecular weight excluding hydrogens is 356 g/mol. The van der Waals surface area contributed by atoms with E-state index in [9.17, 15) is 14.4 Å². The number of carbonyl (C=O) groups excluding carboxylic acids is 2. The van der Waals surface area contributed by atoms with Crippen LogP contribution in [-0.4, -0.2) is 46.0 Å². The number of aryl methyl sites for hydroxylation is 1. The van der Waals surface area contributed by atoms with Gasteiger partial charge in [0.1, 0.15) is 6.04 Å². The lowest BCUT2D eigenvalue weighted by Gasteiger charge is -2.22. The highest BCUT2D eigenvalue weighted by atomic mass is 16.2. The van der Waals surface area contributed by atoms with Crippen molar-refractivity contribution < 1.29 is 9.59 Å². The monoisotopic (exact) mass is 382 g/mol. The van der Waals surface area contributed by atoms with Crippen molar-refractivity contribution in [1.82, 2.24) is 19.4 Å². The lowest BCUT2D eigenvalue weighted by Crippen LogP contribution is -2.38. The SMILES string of the molecule is CN1CC=C(Cc2cccc3c2n(C)c(=O)n3C2CCCC(=O)NC2=O)CC1. The van der Waals surface area contributed by atoms with Crippen molar-refractivity contribution >= 4 is 22.8 Å². The molecule has 1 atom stereocenters. The van der Waals surface area contributed by atoms with E-state index in [4.69, 9.17) is 0 Å². The molecule has 0 spiro atoms. The van der Waals surface area contributed by atoms with Gasteiger partial charge < -0.3 is 4.90 Å². The second kappa shape index (κ2) is 7.39. The Morgan fingerprint density at radius 2 is 1.96 bits per heavy atom. The number of aromatic nitrogens is 2. The fourth-order valence-corrected chi connectivity index (χ4v) is 4.30. The molecule has 2 amide bonds. The molecule has 7 heteroatoms. The summed E-state index contributed by atoms with van der Waals surface area (Å²) in [6, 6.07) is 5.24. The first-order valence-electron chi connectivity index (χ1n) is 9.84. The second-order valence-corrected chi connectivity index (χ2v) is 7.87. The molecule has 1 fully saturated rings. The van der Waals surface area contributed by atoms with E-state index in [-0.39, 0.29) is 17.5 Å². The van der Waals surface area contributed by atoms with Gasteiger partial charge in [-0.25, -0.2) is 4.79 Å². The Bertz CT molecular complexity index is 1030. The van der Waals surface area contributed by atoms with Crippen molar-refractivity contribution in [1.29, 1.82) is 0 Å². The number of nitrogens with one attached hydrogen (secondary N) is 1. The van der Waals surface area contributed by atoms with Crippen molar-refractivity contribution in [2.45, 2.75) is 38.1 Å². The molecule has 0 radical (unpaired) electrons. The van der Waals surface area contributed by atoms with Gasteiger partial charge in [0.15, 0.2) is 0 Å². The molecule has 148 valence electrons. The lowest BCUT2D eigenvalue weighted by molar-refractivity contribution is -0.131. The highest BCUT2D eigenvalue weighted by Crippen LogP contribution is 2.27. The Hall–Kier alpha value is -2.67. The Morgan fingerprint density at radius 1 is 1.14 bits per heavy atom. The predicted octanol–water partition coefficient (Wildman–Crippen LogP) is 1.51. The largest absolute Gasteiger partial charge is 0.329 e. The predicted molar refractivity (Wildman–Crippen MR) is 107 cm³/mol. The number of hydrogen-bond donors (Lipinski definition) is 1. The maximum atomic E-state index is 13.1. The number of imide groups is 1. The molecule has 0 bridgehead atoms. The highest BCUT2D eigenvalue weighted by molar-refractivity contribution is 5.98. The van der Waals surface area contributed by atoms with Gasteiger partial charge in [-0.2, -0.15) is 0 Å². The van der Waals surface area contributed by atoms with Crippen LogP contribution in [-0.2, 0) is 23.1 Å². The molecule has 0 aliphatic carbocycles. The number of para-hydroxylation sites is 1. The molecule has 1 aromatic heterocycles. The van der Waals surface area contributed by atoms with Gasteiger partial charge in [-0.1, -0.05) is 23.8 Å². The number of fused-ring (bicyclic) bond motifs is 1. The molecular formula is C21H26N4O3. The average molecular weight is 382 g/mol. The summed E-state index contributed by atoms with van der Waals surface area (Å²) in [6.07, 6.45) is 5.48. The van der Waals surface area contributed by atoms with E-state index in [1.54, 1.807) is 16.2 Å². The zero-order chi connectivity index (χ0) is 19.8.